The first kappa shape index (κ1) is 8.10. The van der Waals surface area contributed by atoms with Gasteiger partial charge in [-0.1, -0.05) is 26.7 Å². The Hall–Kier alpha value is 0. The molecule has 0 nitrogen and oxygen atoms in total. The molecule has 59 valence electrons. The normalized spacial score (nSPS) is 23.4. The molecule has 0 unspecified atom stereocenters. The molecule has 0 heterocycles. The minimum atomic E-state index is 1.06. The summed E-state index contributed by atoms with van der Waals surface area (Å²) in [6.07, 6.45) is 8.60. The molecule has 0 heteroatoms. The lowest BCUT2D eigenvalue weighted by atomic mass is 9.81. The fourth-order valence-corrected chi connectivity index (χ4v) is 1.87. The molecule has 0 aromatic rings. The van der Waals surface area contributed by atoms with Crippen LogP contribution in [0.15, 0.2) is 0 Å². The highest BCUT2D eigenvalue weighted by atomic mass is 14.2. The standard InChI is InChI=1S/C10H19/c1-3-4-10-7-5-9(2)6-8-10/h10H,3-8H2,1-2H3. The summed E-state index contributed by atoms with van der Waals surface area (Å²) in [7, 11) is 0. The molecule has 1 fully saturated rings. The van der Waals surface area contributed by atoms with Crippen molar-refractivity contribution in [3.05, 3.63) is 5.92 Å². The quantitative estimate of drug-likeness (QED) is 0.548. The first-order chi connectivity index (χ1) is 4.83. The fraction of sp³-hybridized carbons (Fsp3) is 0.900. The molecule has 10 heavy (non-hydrogen) atoms. The van der Waals surface area contributed by atoms with E-state index in [1.807, 2.05) is 0 Å². The predicted molar refractivity (Wildman–Crippen MR) is 45.8 cm³/mol. The van der Waals surface area contributed by atoms with Gasteiger partial charge in [0.05, 0.1) is 0 Å². The van der Waals surface area contributed by atoms with Crippen LogP contribution in [-0.4, -0.2) is 0 Å². The average Bonchev–Trinajstić information content (AvgIpc) is 1.95. The number of rotatable bonds is 2. The maximum Gasteiger partial charge on any atom is -0.0272 e. The van der Waals surface area contributed by atoms with E-state index in [0.29, 0.717) is 0 Å². The molecule has 0 atom stereocenters. The predicted octanol–water partition coefficient (Wildman–Crippen LogP) is 3.57. The molecule has 1 saturated carbocycles. The summed E-state index contributed by atoms with van der Waals surface area (Å²) in [5, 5.41) is 0. The summed E-state index contributed by atoms with van der Waals surface area (Å²) in [5.74, 6) is 2.79. The van der Waals surface area contributed by atoms with Gasteiger partial charge >= 0.3 is 0 Å². The van der Waals surface area contributed by atoms with E-state index in [0.717, 1.165) is 5.92 Å². The van der Waals surface area contributed by atoms with Crippen molar-refractivity contribution in [2.45, 2.75) is 52.4 Å². The zero-order valence-electron chi connectivity index (χ0n) is 7.32. The Balaban J connectivity index is 2.13. The van der Waals surface area contributed by atoms with Crippen molar-refractivity contribution in [1.82, 2.24) is 0 Å². The molecular formula is C10H19. The van der Waals surface area contributed by atoms with Crippen LogP contribution >= 0.6 is 0 Å². The molecular weight excluding hydrogens is 120 g/mol. The van der Waals surface area contributed by atoms with E-state index < -0.39 is 0 Å². The summed E-state index contributed by atoms with van der Waals surface area (Å²) in [4.78, 5) is 0. The summed E-state index contributed by atoms with van der Waals surface area (Å²) < 4.78 is 0. The Labute approximate surface area is 65.0 Å². The van der Waals surface area contributed by atoms with Crippen molar-refractivity contribution >= 4 is 0 Å². The van der Waals surface area contributed by atoms with Gasteiger partial charge in [-0.3, -0.25) is 0 Å². The van der Waals surface area contributed by atoms with Gasteiger partial charge in [0.25, 0.3) is 0 Å². The molecule has 0 aliphatic heterocycles. The highest BCUT2D eigenvalue weighted by Crippen LogP contribution is 2.31. The van der Waals surface area contributed by atoms with Gasteiger partial charge in [-0.05, 0) is 37.5 Å². The lowest BCUT2D eigenvalue weighted by molar-refractivity contribution is 0.355. The van der Waals surface area contributed by atoms with E-state index in [-0.39, 0.29) is 0 Å². The highest BCUT2D eigenvalue weighted by Gasteiger charge is 2.16. The molecule has 1 aliphatic rings. The Morgan fingerprint density at radius 2 is 1.90 bits per heavy atom. The number of hydrogen-bond donors (Lipinski definition) is 0. The lowest BCUT2D eigenvalue weighted by Crippen LogP contribution is -2.10. The Morgan fingerprint density at radius 3 is 2.40 bits per heavy atom. The molecule has 1 aliphatic carbocycles. The van der Waals surface area contributed by atoms with Crippen LogP contribution < -0.4 is 0 Å². The minimum Gasteiger partial charge on any atom is -0.0654 e. The van der Waals surface area contributed by atoms with Crippen LogP contribution in [0, 0.1) is 11.8 Å². The van der Waals surface area contributed by atoms with Crippen LogP contribution in [0.1, 0.15) is 52.4 Å². The number of hydrogen-bond acceptors (Lipinski definition) is 0. The first-order valence-corrected chi connectivity index (χ1v) is 4.64. The second-order valence-corrected chi connectivity index (χ2v) is 3.69. The molecule has 0 aromatic heterocycles. The topological polar surface area (TPSA) is 0 Å². The van der Waals surface area contributed by atoms with E-state index in [1.54, 1.807) is 5.92 Å². The maximum atomic E-state index is 2.31. The maximum absolute atomic E-state index is 2.31. The molecule has 1 rings (SSSR count). The summed E-state index contributed by atoms with van der Waals surface area (Å²) in [6.45, 7) is 4.60. The first-order valence-electron chi connectivity index (χ1n) is 4.64. The van der Waals surface area contributed by atoms with Crippen LogP contribution in [0.25, 0.3) is 0 Å². The van der Waals surface area contributed by atoms with Gasteiger partial charge < -0.3 is 0 Å². The molecule has 0 amide bonds. The van der Waals surface area contributed by atoms with Crippen LogP contribution in [-0.2, 0) is 0 Å². The third kappa shape index (κ3) is 2.32. The van der Waals surface area contributed by atoms with Crippen LogP contribution in [0.2, 0.25) is 0 Å². The molecule has 0 aromatic carbocycles. The molecule has 0 N–H and O–H groups in total. The second-order valence-electron chi connectivity index (χ2n) is 3.69. The van der Waals surface area contributed by atoms with Crippen LogP contribution in [0.3, 0.4) is 0 Å². The van der Waals surface area contributed by atoms with E-state index in [1.165, 1.54) is 38.5 Å². The smallest absolute Gasteiger partial charge is 0.0272 e. The van der Waals surface area contributed by atoms with Gasteiger partial charge in [0.15, 0.2) is 0 Å². The van der Waals surface area contributed by atoms with Gasteiger partial charge in [0.2, 0.25) is 0 Å². The fourth-order valence-electron chi connectivity index (χ4n) is 1.87. The van der Waals surface area contributed by atoms with Gasteiger partial charge in [0.1, 0.15) is 0 Å². The minimum absolute atomic E-state index is 1.06. The van der Waals surface area contributed by atoms with Gasteiger partial charge in [-0.15, -0.1) is 0 Å². The summed E-state index contributed by atoms with van der Waals surface area (Å²) in [5.41, 5.74) is 0. The molecule has 1 radical (unpaired) electrons. The Morgan fingerprint density at radius 1 is 1.30 bits per heavy atom. The third-order valence-corrected chi connectivity index (χ3v) is 2.66. The Kier molecular flexibility index (Phi) is 3.24. The monoisotopic (exact) mass is 139 g/mol. The van der Waals surface area contributed by atoms with Gasteiger partial charge in [-0.2, -0.15) is 0 Å². The SMILES string of the molecule is CCCC1CC[C](C)CC1. The van der Waals surface area contributed by atoms with Crippen molar-refractivity contribution in [2.75, 3.05) is 0 Å². The Bertz CT molecular complexity index is 78.0. The van der Waals surface area contributed by atoms with E-state index in [4.69, 9.17) is 0 Å². The highest BCUT2D eigenvalue weighted by molar-refractivity contribution is 4.89. The van der Waals surface area contributed by atoms with Gasteiger partial charge in [-0.25, -0.2) is 0 Å². The summed E-state index contributed by atoms with van der Waals surface area (Å²) in [6, 6.07) is 0. The molecule has 0 saturated heterocycles. The van der Waals surface area contributed by atoms with Crippen molar-refractivity contribution < 1.29 is 0 Å². The van der Waals surface area contributed by atoms with Crippen molar-refractivity contribution in [3.8, 4) is 0 Å². The van der Waals surface area contributed by atoms with E-state index >= 15 is 0 Å². The third-order valence-electron chi connectivity index (χ3n) is 2.66. The van der Waals surface area contributed by atoms with Crippen molar-refractivity contribution in [1.29, 1.82) is 0 Å². The van der Waals surface area contributed by atoms with Crippen molar-refractivity contribution in [2.24, 2.45) is 5.92 Å². The molecule has 0 spiro atoms. The largest absolute Gasteiger partial charge is 0.0654 e. The lowest BCUT2D eigenvalue weighted by Gasteiger charge is -2.25. The van der Waals surface area contributed by atoms with Crippen LogP contribution in [0.5, 0.6) is 0 Å². The second kappa shape index (κ2) is 4.00. The average molecular weight is 139 g/mol. The van der Waals surface area contributed by atoms with E-state index in [9.17, 15) is 0 Å². The zero-order valence-corrected chi connectivity index (χ0v) is 7.32. The van der Waals surface area contributed by atoms with Crippen molar-refractivity contribution in [3.63, 3.8) is 0 Å². The summed E-state index contributed by atoms with van der Waals surface area (Å²) >= 11 is 0. The molecule has 0 bridgehead atoms. The van der Waals surface area contributed by atoms with E-state index in [2.05, 4.69) is 13.8 Å². The zero-order chi connectivity index (χ0) is 7.40. The van der Waals surface area contributed by atoms with Gasteiger partial charge in [0, 0.05) is 0 Å². The van der Waals surface area contributed by atoms with Crippen LogP contribution in [0.4, 0.5) is 0 Å².